The largest absolute Gasteiger partial charge is 0.378 e. The van der Waals surface area contributed by atoms with E-state index in [4.69, 9.17) is 5.73 Å². The Hall–Kier alpha value is -1.62. The van der Waals surface area contributed by atoms with E-state index in [0.29, 0.717) is 18.0 Å². The Kier molecular flexibility index (Phi) is 4.29. The molecule has 0 saturated carbocycles. The Balaban J connectivity index is 3.12. The lowest BCUT2D eigenvalue weighted by Crippen LogP contribution is -2.47. The van der Waals surface area contributed by atoms with Crippen LogP contribution in [0.4, 0.5) is 11.4 Å². The molecule has 3 N–H and O–H groups in total. The van der Waals surface area contributed by atoms with Gasteiger partial charge in [-0.25, -0.2) is 0 Å². The van der Waals surface area contributed by atoms with Crippen molar-refractivity contribution in [2.75, 3.05) is 11.9 Å². The number of benzene rings is 1. The van der Waals surface area contributed by atoms with Gasteiger partial charge in [0, 0.05) is 29.4 Å². The molecule has 1 rings (SSSR count). The summed E-state index contributed by atoms with van der Waals surface area (Å²) in [4.78, 5) is 10.5. The monoisotopic (exact) mass is 251 g/mol. The summed E-state index contributed by atoms with van der Waals surface area (Å²) in [7, 11) is 0. The van der Waals surface area contributed by atoms with Gasteiger partial charge in [-0.1, -0.05) is 19.9 Å². The highest BCUT2D eigenvalue weighted by Crippen LogP contribution is 2.29. The van der Waals surface area contributed by atoms with Crippen LogP contribution in [0.1, 0.15) is 26.3 Å². The number of rotatable bonds is 5. The molecule has 0 saturated heterocycles. The van der Waals surface area contributed by atoms with Gasteiger partial charge in [0.05, 0.1) is 4.92 Å². The summed E-state index contributed by atoms with van der Waals surface area (Å²) in [5.74, 6) is 0.321. The lowest BCUT2D eigenvalue weighted by atomic mass is 9.88. The number of hydrogen-bond acceptors (Lipinski definition) is 4. The molecule has 100 valence electrons. The molecule has 1 aromatic rings. The minimum Gasteiger partial charge on any atom is -0.378 e. The van der Waals surface area contributed by atoms with Crippen molar-refractivity contribution in [1.29, 1.82) is 0 Å². The maximum Gasteiger partial charge on any atom is 0.274 e. The summed E-state index contributed by atoms with van der Waals surface area (Å²) >= 11 is 0. The number of nitro groups is 1. The van der Waals surface area contributed by atoms with Gasteiger partial charge >= 0.3 is 0 Å². The summed E-state index contributed by atoms with van der Waals surface area (Å²) in [6, 6.07) is 5.04. The van der Waals surface area contributed by atoms with Crippen molar-refractivity contribution < 1.29 is 4.92 Å². The maximum absolute atomic E-state index is 10.9. The van der Waals surface area contributed by atoms with Gasteiger partial charge in [0.2, 0.25) is 0 Å². The number of hydrogen-bond donors (Lipinski definition) is 2. The van der Waals surface area contributed by atoms with Crippen LogP contribution in [-0.4, -0.2) is 17.0 Å². The van der Waals surface area contributed by atoms with E-state index >= 15 is 0 Å². The molecular formula is C13H21N3O2. The van der Waals surface area contributed by atoms with Crippen molar-refractivity contribution in [2.24, 2.45) is 11.7 Å². The van der Waals surface area contributed by atoms with E-state index in [1.165, 1.54) is 6.07 Å². The Morgan fingerprint density at radius 1 is 1.50 bits per heavy atom. The Morgan fingerprint density at radius 2 is 2.11 bits per heavy atom. The van der Waals surface area contributed by atoms with E-state index in [9.17, 15) is 10.1 Å². The fourth-order valence-corrected chi connectivity index (χ4v) is 1.70. The number of anilines is 1. The molecule has 5 nitrogen and oxygen atoms in total. The van der Waals surface area contributed by atoms with Crippen LogP contribution in [0.15, 0.2) is 18.2 Å². The Morgan fingerprint density at radius 3 is 2.56 bits per heavy atom. The SMILES string of the molecule is Cc1c(NC(C)(CN)C(C)C)cccc1[N+](=O)[O-]. The average molecular weight is 251 g/mol. The molecular weight excluding hydrogens is 230 g/mol. The topological polar surface area (TPSA) is 81.2 Å². The first-order valence-corrected chi connectivity index (χ1v) is 6.04. The molecule has 0 amide bonds. The van der Waals surface area contributed by atoms with Crippen molar-refractivity contribution in [3.8, 4) is 0 Å². The van der Waals surface area contributed by atoms with Gasteiger partial charge in [-0.3, -0.25) is 10.1 Å². The summed E-state index contributed by atoms with van der Waals surface area (Å²) in [6.45, 7) is 8.39. The second kappa shape index (κ2) is 5.35. The smallest absolute Gasteiger partial charge is 0.274 e. The van der Waals surface area contributed by atoms with Gasteiger partial charge in [0.15, 0.2) is 0 Å². The van der Waals surface area contributed by atoms with E-state index in [1.54, 1.807) is 13.0 Å². The average Bonchev–Trinajstić information content (AvgIpc) is 2.31. The minimum atomic E-state index is -0.365. The lowest BCUT2D eigenvalue weighted by molar-refractivity contribution is -0.385. The molecule has 0 heterocycles. The lowest BCUT2D eigenvalue weighted by Gasteiger charge is -2.35. The number of nitrogens with one attached hydrogen (secondary N) is 1. The zero-order chi connectivity index (χ0) is 13.9. The highest BCUT2D eigenvalue weighted by molar-refractivity contribution is 5.60. The molecule has 0 aliphatic rings. The van der Waals surface area contributed by atoms with Crippen LogP contribution in [0, 0.1) is 23.0 Å². The molecule has 1 atom stereocenters. The van der Waals surface area contributed by atoms with Crippen LogP contribution >= 0.6 is 0 Å². The molecule has 1 unspecified atom stereocenters. The molecule has 5 heteroatoms. The van der Waals surface area contributed by atoms with Crippen molar-refractivity contribution in [3.05, 3.63) is 33.9 Å². The number of nitrogens with two attached hydrogens (primary N) is 1. The van der Waals surface area contributed by atoms with Crippen LogP contribution < -0.4 is 11.1 Å². The van der Waals surface area contributed by atoms with E-state index in [-0.39, 0.29) is 16.1 Å². The number of nitrogens with zero attached hydrogens (tertiary/aromatic N) is 1. The Labute approximate surface area is 108 Å². The van der Waals surface area contributed by atoms with Gasteiger partial charge in [0.1, 0.15) is 0 Å². The van der Waals surface area contributed by atoms with Crippen molar-refractivity contribution in [1.82, 2.24) is 0 Å². The van der Waals surface area contributed by atoms with Gasteiger partial charge < -0.3 is 11.1 Å². The predicted molar refractivity (Wildman–Crippen MR) is 73.8 cm³/mol. The van der Waals surface area contributed by atoms with E-state index < -0.39 is 0 Å². The van der Waals surface area contributed by atoms with Gasteiger partial charge in [-0.15, -0.1) is 0 Å². The zero-order valence-corrected chi connectivity index (χ0v) is 11.4. The molecule has 18 heavy (non-hydrogen) atoms. The summed E-state index contributed by atoms with van der Waals surface area (Å²) in [5.41, 5.74) is 7.07. The van der Waals surface area contributed by atoms with Crippen molar-refractivity contribution >= 4 is 11.4 Å². The normalized spacial score (nSPS) is 14.3. The summed E-state index contributed by atoms with van der Waals surface area (Å²) < 4.78 is 0. The third kappa shape index (κ3) is 2.79. The van der Waals surface area contributed by atoms with E-state index in [1.807, 2.05) is 13.0 Å². The van der Waals surface area contributed by atoms with Crippen molar-refractivity contribution in [2.45, 2.75) is 33.2 Å². The third-order valence-electron chi connectivity index (χ3n) is 3.62. The van der Waals surface area contributed by atoms with Crippen LogP contribution in [-0.2, 0) is 0 Å². The first kappa shape index (κ1) is 14.4. The highest BCUT2D eigenvalue weighted by Gasteiger charge is 2.27. The first-order chi connectivity index (χ1) is 8.31. The highest BCUT2D eigenvalue weighted by atomic mass is 16.6. The van der Waals surface area contributed by atoms with Gasteiger partial charge in [0.25, 0.3) is 5.69 Å². The minimum absolute atomic E-state index is 0.128. The van der Waals surface area contributed by atoms with Crippen LogP contribution in [0.2, 0.25) is 0 Å². The van der Waals surface area contributed by atoms with Crippen molar-refractivity contribution in [3.63, 3.8) is 0 Å². The van der Waals surface area contributed by atoms with Crippen LogP contribution in [0.3, 0.4) is 0 Å². The maximum atomic E-state index is 10.9. The quantitative estimate of drug-likeness (QED) is 0.622. The molecule has 0 spiro atoms. The van der Waals surface area contributed by atoms with E-state index in [2.05, 4.69) is 19.2 Å². The molecule has 0 aliphatic carbocycles. The molecule has 0 aromatic heterocycles. The van der Waals surface area contributed by atoms with Crippen LogP contribution in [0.5, 0.6) is 0 Å². The number of nitro benzene ring substituents is 1. The second-order valence-corrected chi connectivity index (χ2v) is 5.11. The predicted octanol–water partition coefficient (Wildman–Crippen LogP) is 2.69. The fraction of sp³-hybridized carbons (Fsp3) is 0.538. The van der Waals surface area contributed by atoms with Crippen LogP contribution in [0.25, 0.3) is 0 Å². The second-order valence-electron chi connectivity index (χ2n) is 5.11. The molecule has 0 fully saturated rings. The van der Waals surface area contributed by atoms with Gasteiger partial charge in [-0.2, -0.15) is 0 Å². The standard InChI is InChI=1S/C13H21N3O2/c1-9(2)13(4,8-14)15-11-6-5-7-12(10(11)3)16(17)18/h5-7,9,15H,8,14H2,1-4H3. The zero-order valence-electron chi connectivity index (χ0n) is 11.4. The molecule has 1 aromatic carbocycles. The summed E-state index contributed by atoms with van der Waals surface area (Å²) in [5, 5.41) is 14.2. The molecule has 0 radical (unpaired) electrons. The molecule has 0 bridgehead atoms. The first-order valence-electron chi connectivity index (χ1n) is 6.04. The van der Waals surface area contributed by atoms with Gasteiger partial charge in [-0.05, 0) is 25.8 Å². The molecule has 0 aliphatic heterocycles. The third-order valence-corrected chi connectivity index (χ3v) is 3.62. The summed E-state index contributed by atoms with van der Waals surface area (Å²) in [6.07, 6.45) is 0. The Bertz CT molecular complexity index is 446. The van der Waals surface area contributed by atoms with E-state index in [0.717, 1.165) is 5.69 Å². The fourth-order valence-electron chi connectivity index (χ4n) is 1.70.